The molecule has 0 aliphatic carbocycles. The van der Waals surface area contributed by atoms with Crippen LogP contribution in [0.25, 0.3) is 33.2 Å². The lowest BCUT2D eigenvalue weighted by atomic mass is 10.1. The van der Waals surface area contributed by atoms with Crippen LogP contribution in [0.15, 0.2) is 65.1 Å². The third-order valence-corrected chi connectivity index (χ3v) is 5.23. The van der Waals surface area contributed by atoms with Gasteiger partial charge in [0.1, 0.15) is 22.6 Å². The molecule has 0 N–H and O–H groups in total. The molecule has 0 saturated carbocycles. The van der Waals surface area contributed by atoms with E-state index in [4.69, 9.17) is 9.15 Å². The van der Waals surface area contributed by atoms with E-state index in [0.717, 1.165) is 10.2 Å². The highest BCUT2D eigenvalue weighted by molar-refractivity contribution is 7.19. The molecule has 6 heteroatoms. The summed E-state index contributed by atoms with van der Waals surface area (Å²) in [4.78, 5) is 16.5. The molecule has 5 nitrogen and oxygen atoms in total. The Bertz CT molecular complexity index is 1210. The van der Waals surface area contributed by atoms with Crippen LogP contribution in [-0.4, -0.2) is 18.1 Å². The number of methoxy groups -OCH3 is 1. The molecule has 2 aromatic heterocycles. The van der Waals surface area contributed by atoms with Gasteiger partial charge in [0, 0.05) is 11.6 Å². The van der Waals surface area contributed by atoms with Gasteiger partial charge in [0.15, 0.2) is 0 Å². The van der Waals surface area contributed by atoms with Crippen LogP contribution in [0, 0.1) is 11.3 Å². The first kappa shape index (κ1) is 17.7. The Morgan fingerprint density at radius 1 is 1.14 bits per heavy atom. The zero-order valence-electron chi connectivity index (χ0n) is 14.9. The molecule has 2 heterocycles. The smallest absolute Gasteiger partial charge is 0.338 e. The molecule has 4 aromatic rings. The van der Waals surface area contributed by atoms with Crippen molar-refractivity contribution in [3.05, 3.63) is 77.0 Å². The Labute approximate surface area is 165 Å². The molecule has 0 aliphatic rings. The van der Waals surface area contributed by atoms with E-state index in [0.29, 0.717) is 33.2 Å². The maximum Gasteiger partial charge on any atom is 0.338 e. The molecule has 0 amide bonds. The zero-order valence-corrected chi connectivity index (χ0v) is 15.7. The minimum absolute atomic E-state index is 0.418. The summed E-state index contributed by atoms with van der Waals surface area (Å²) in [5.41, 5.74) is 2.33. The van der Waals surface area contributed by atoms with Gasteiger partial charge in [-0.1, -0.05) is 30.3 Å². The Morgan fingerprint density at radius 2 is 1.93 bits per heavy atom. The minimum Gasteiger partial charge on any atom is -0.465 e. The van der Waals surface area contributed by atoms with E-state index in [2.05, 4.69) is 11.1 Å². The Hall–Kier alpha value is -3.69. The van der Waals surface area contributed by atoms with Crippen molar-refractivity contribution in [2.75, 3.05) is 7.11 Å². The van der Waals surface area contributed by atoms with Gasteiger partial charge in [0.2, 0.25) is 0 Å². The van der Waals surface area contributed by atoms with Gasteiger partial charge in [-0.3, -0.25) is 0 Å². The van der Waals surface area contributed by atoms with Crippen LogP contribution >= 0.6 is 11.3 Å². The molecule has 0 aliphatic heterocycles. The van der Waals surface area contributed by atoms with Crippen LogP contribution in [0.2, 0.25) is 0 Å². The third-order valence-electron chi connectivity index (χ3n) is 4.16. The number of ether oxygens (including phenoxy) is 1. The minimum atomic E-state index is -0.434. The predicted octanol–water partition coefficient (Wildman–Crippen LogP) is 5.41. The summed E-state index contributed by atoms with van der Waals surface area (Å²) in [6, 6.07) is 20.5. The van der Waals surface area contributed by atoms with Gasteiger partial charge in [-0.25, -0.2) is 9.78 Å². The number of furan rings is 1. The van der Waals surface area contributed by atoms with Crippen molar-refractivity contribution < 1.29 is 13.9 Å². The number of hydrogen-bond donors (Lipinski definition) is 0. The van der Waals surface area contributed by atoms with Gasteiger partial charge in [0.05, 0.1) is 28.5 Å². The van der Waals surface area contributed by atoms with Crippen molar-refractivity contribution in [2.45, 2.75) is 0 Å². The van der Waals surface area contributed by atoms with Crippen molar-refractivity contribution in [3.8, 4) is 17.4 Å². The van der Waals surface area contributed by atoms with Crippen molar-refractivity contribution in [1.29, 1.82) is 5.26 Å². The van der Waals surface area contributed by atoms with E-state index < -0.39 is 5.97 Å². The second kappa shape index (κ2) is 7.51. The number of fused-ring (bicyclic) bond motifs is 1. The summed E-state index contributed by atoms with van der Waals surface area (Å²) in [6.45, 7) is 0. The molecular weight excluding hydrogens is 372 g/mol. The van der Waals surface area contributed by atoms with E-state index in [-0.39, 0.29) is 0 Å². The van der Waals surface area contributed by atoms with E-state index >= 15 is 0 Å². The number of para-hydroxylation sites is 1. The topological polar surface area (TPSA) is 76.1 Å². The molecule has 0 spiro atoms. The quantitative estimate of drug-likeness (QED) is 0.346. The maximum absolute atomic E-state index is 12.0. The molecule has 0 fully saturated rings. The molecule has 0 saturated heterocycles. The number of esters is 1. The number of aromatic nitrogens is 1. The maximum atomic E-state index is 12.0. The van der Waals surface area contributed by atoms with Crippen LogP contribution in [0.5, 0.6) is 0 Å². The van der Waals surface area contributed by atoms with Crippen LogP contribution < -0.4 is 0 Å². The number of nitrogens with zero attached hydrogens (tertiary/aromatic N) is 2. The Morgan fingerprint density at radius 3 is 2.71 bits per heavy atom. The number of benzene rings is 2. The van der Waals surface area contributed by atoms with Crippen molar-refractivity contribution in [1.82, 2.24) is 4.98 Å². The van der Waals surface area contributed by atoms with E-state index in [1.54, 1.807) is 36.4 Å². The third kappa shape index (κ3) is 3.31. The van der Waals surface area contributed by atoms with Gasteiger partial charge in [-0.2, -0.15) is 5.26 Å². The Balaban J connectivity index is 1.71. The molecule has 0 unspecified atom stereocenters. The van der Waals surface area contributed by atoms with E-state index in [1.165, 1.54) is 18.4 Å². The van der Waals surface area contributed by atoms with E-state index in [9.17, 15) is 10.1 Å². The largest absolute Gasteiger partial charge is 0.465 e. The van der Waals surface area contributed by atoms with Gasteiger partial charge in [0.25, 0.3) is 0 Å². The summed E-state index contributed by atoms with van der Waals surface area (Å²) in [7, 11) is 1.34. The highest BCUT2D eigenvalue weighted by Gasteiger charge is 2.16. The zero-order chi connectivity index (χ0) is 19.5. The summed E-state index contributed by atoms with van der Waals surface area (Å²) in [5, 5.41) is 10.2. The SMILES string of the molecule is COC(=O)c1ccccc1-c1ccc(/C=C(/C#N)c2nc3ccccc3s2)o1. The monoisotopic (exact) mass is 386 g/mol. The number of carbonyl (C=O) groups is 1. The molecule has 2 aromatic carbocycles. The predicted molar refractivity (Wildman–Crippen MR) is 109 cm³/mol. The van der Waals surface area contributed by atoms with Crippen LogP contribution in [-0.2, 0) is 4.74 Å². The fourth-order valence-corrected chi connectivity index (χ4v) is 3.76. The van der Waals surface area contributed by atoms with Gasteiger partial charge < -0.3 is 9.15 Å². The lowest BCUT2D eigenvalue weighted by Gasteiger charge is -2.04. The first-order chi connectivity index (χ1) is 13.7. The summed E-state index contributed by atoms with van der Waals surface area (Å²) >= 11 is 1.46. The molecular formula is C22H14N2O3S. The van der Waals surface area contributed by atoms with Crippen LogP contribution in [0.4, 0.5) is 0 Å². The normalized spacial score (nSPS) is 11.4. The molecule has 136 valence electrons. The summed E-state index contributed by atoms with van der Waals surface area (Å²) in [6.07, 6.45) is 1.65. The van der Waals surface area contributed by atoms with Gasteiger partial charge in [-0.15, -0.1) is 11.3 Å². The van der Waals surface area contributed by atoms with Gasteiger partial charge in [-0.05, 0) is 30.3 Å². The van der Waals surface area contributed by atoms with Crippen molar-refractivity contribution in [2.24, 2.45) is 0 Å². The molecule has 28 heavy (non-hydrogen) atoms. The fourth-order valence-electron chi connectivity index (χ4n) is 2.83. The average Bonchev–Trinajstić information content (AvgIpc) is 3.38. The van der Waals surface area contributed by atoms with Crippen LogP contribution in [0.3, 0.4) is 0 Å². The summed E-state index contributed by atoms with van der Waals surface area (Å²) < 4.78 is 11.7. The number of hydrogen-bond acceptors (Lipinski definition) is 6. The van der Waals surface area contributed by atoms with Gasteiger partial charge >= 0.3 is 5.97 Å². The second-order valence-electron chi connectivity index (χ2n) is 5.90. The lowest BCUT2D eigenvalue weighted by molar-refractivity contribution is 0.0601. The first-order valence-corrected chi connectivity index (χ1v) is 9.26. The molecule has 0 bridgehead atoms. The van der Waals surface area contributed by atoms with Crippen LogP contribution in [0.1, 0.15) is 21.1 Å². The first-order valence-electron chi connectivity index (χ1n) is 8.45. The Kier molecular flexibility index (Phi) is 4.75. The highest BCUT2D eigenvalue weighted by Crippen LogP contribution is 2.30. The number of allylic oxidation sites excluding steroid dienone is 1. The number of nitriles is 1. The fraction of sp³-hybridized carbons (Fsp3) is 0.0455. The molecule has 4 rings (SSSR count). The number of rotatable bonds is 4. The average molecular weight is 386 g/mol. The molecule has 0 radical (unpaired) electrons. The highest BCUT2D eigenvalue weighted by atomic mass is 32.1. The van der Waals surface area contributed by atoms with Crippen molar-refractivity contribution >= 4 is 39.2 Å². The standard InChI is InChI=1S/C22H14N2O3S/c1-26-22(25)17-7-3-2-6-16(17)19-11-10-15(27-19)12-14(13-23)21-24-18-8-4-5-9-20(18)28-21/h2-12H,1H3/b14-12-. The number of carbonyl (C=O) groups excluding carboxylic acids is 1. The number of thiazole rings is 1. The molecule has 0 atom stereocenters. The second-order valence-corrected chi connectivity index (χ2v) is 6.93. The van der Waals surface area contributed by atoms with E-state index in [1.807, 2.05) is 30.3 Å². The lowest BCUT2D eigenvalue weighted by Crippen LogP contribution is -2.02. The summed E-state index contributed by atoms with van der Waals surface area (Å²) in [5.74, 6) is 0.593. The van der Waals surface area contributed by atoms with Crippen molar-refractivity contribution in [3.63, 3.8) is 0 Å².